The molecule has 0 unspecified atom stereocenters. The molecule has 3 heteroatoms. The van der Waals surface area contributed by atoms with Gasteiger partial charge in [0.1, 0.15) is 0 Å². The Morgan fingerprint density at radius 3 is 2.19 bits per heavy atom. The third kappa shape index (κ3) is 1.16. The third-order valence-electron chi connectivity index (χ3n) is 3.95. The van der Waals surface area contributed by atoms with Crippen LogP contribution in [0.2, 0.25) is 0 Å². The van der Waals surface area contributed by atoms with E-state index in [4.69, 9.17) is 9.31 Å². The van der Waals surface area contributed by atoms with Gasteiger partial charge in [0.25, 0.3) is 0 Å². The molecule has 4 rings (SSSR count). The average Bonchev–Trinajstić information content (AvgIpc) is 3.02. The van der Waals surface area contributed by atoms with Gasteiger partial charge in [-0.1, -0.05) is 42.5 Å². The molecule has 1 saturated heterocycles. The van der Waals surface area contributed by atoms with E-state index in [1.54, 1.807) is 0 Å². The maximum absolute atomic E-state index is 6.03. The molecule has 0 aromatic heterocycles. The number of hydrogen-bond donors (Lipinski definition) is 0. The van der Waals surface area contributed by atoms with E-state index in [2.05, 4.69) is 24.3 Å². The molecule has 1 saturated carbocycles. The van der Waals surface area contributed by atoms with E-state index in [1.165, 1.54) is 6.42 Å². The van der Waals surface area contributed by atoms with Crippen molar-refractivity contribution in [2.75, 3.05) is 0 Å². The second-order valence-corrected chi connectivity index (χ2v) is 4.89. The number of fused-ring (bicyclic) bond motifs is 5. The monoisotopic (exact) mass is 212 g/mol. The van der Waals surface area contributed by atoms with Crippen molar-refractivity contribution >= 4 is 12.6 Å². The molecule has 1 aromatic carbocycles. The van der Waals surface area contributed by atoms with Crippen molar-refractivity contribution in [3.8, 4) is 0 Å². The van der Waals surface area contributed by atoms with Gasteiger partial charge in [-0.3, -0.25) is 0 Å². The highest BCUT2D eigenvalue weighted by atomic mass is 16.7. The summed E-state index contributed by atoms with van der Waals surface area (Å²) in [5.74, 6) is 1.17. The van der Waals surface area contributed by atoms with Crippen LogP contribution >= 0.6 is 0 Å². The highest BCUT2D eigenvalue weighted by molar-refractivity contribution is 6.61. The number of hydrogen-bond acceptors (Lipinski definition) is 2. The zero-order valence-electron chi connectivity index (χ0n) is 8.95. The maximum atomic E-state index is 6.03. The minimum Gasteiger partial charge on any atom is -0.401 e. The highest BCUT2D eigenvalue weighted by Gasteiger charge is 2.53. The van der Waals surface area contributed by atoms with Crippen LogP contribution in [0.1, 0.15) is 6.42 Å². The van der Waals surface area contributed by atoms with Gasteiger partial charge in [-0.25, -0.2) is 0 Å². The van der Waals surface area contributed by atoms with Crippen LogP contribution in [0.3, 0.4) is 0 Å². The molecule has 80 valence electrons. The Morgan fingerprint density at radius 1 is 0.938 bits per heavy atom. The van der Waals surface area contributed by atoms with Crippen molar-refractivity contribution < 1.29 is 9.31 Å². The standard InChI is InChI=1S/C13H13BO2/c1-2-4-11(5-3-1)14-15-12-9-6-7-10(8-9)13(12)16-14/h1-7,9-10,12-13H,8H2/t9-,10+,12-,13+. The van der Waals surface area contributed by atoms with E-state index in [0.29, 0.717) is 24.0 Å². The van der Waals surface area contributed by atoms with Gasteiger partial charge in [-0.2, -0.15) is 0 Å². The van der Waals surface area contributed by atoms with Gasteiger partial charge in [-0.05, 0) is 11.9 Å². The first kappa shape index (κ1) is 9.02. The van der Waals surface area contributed by atoms with Crippen LogP contribution in [0.4, 0.5) is 0 Å². The van der Waals surface area contributed by atoms with Crippen LogP contribution in [0.5, 0.6) is 0 Å². The molecule has 1 aliphatic heterocycles. The largest absolute Gasteiger partial charge is 0.494 e. The summed E-state index contributed by atoms with van der Waals surface area (Å²) in [6.07, 6.45) is 6.39. The van der Waals surface area contributed by atoms with Crippen LogP contribution in [-0.2, 0) is 9.31 Å². The Bertz CT molecular complexity index is 411. The van der Waals surface area contributed by atoms with Crippen LogP contribution in [0, 0.1) is 11.8 Å². The molecule has 0 amide bonds. The molecule has 0 spiro atoms. The molecule has 2 fully saturated rings. The lowest BCUT2D eigenvalue weighted by Crippen LogP contribution is -2.33. The van der Waals surface area contributed by atoms with Gasteiger partial charge in [0.2, 0.25) is 0 Å². The van der Waals surface area contributed by atoms with Gasteiger partial charge in [0.05, 0.1) is 12.2 Å². The molecule has 16 heavy (non-hydrogen) atoms. The lowest BCUT2D eigenvalue weighted by Gasteiger charge is -2.17. The van der Waals surface area contributed by atoms with Crippen molar-refractivity contribution in [3.05, 3.63) is 42.5 Å². The highest BCUT2D eigenvalue weighted by Crippen LogP contribution is 2.45. The molecule has 1 aromatic rings. The van der Waals surface area contributed by atoms with Gasteiger partial charge < -0.3 is 9.31 Å². The normalized spacial score (nSPS) is 39.4. The lowest BCUT2D eigenvalue weighted by atomic mass is 9.79. The van der Waals surface area contributed by atoms with Crippen LogP contribution < -0.4 is 5.46 Å². The average molecular weight is 212 g/mol. The molecular formula is C13H13BO2. The van der Waals surface area contributed by atoms with Crippen molar-refractivity contribution in [1.82, 2.24) is 0 Å². The topological polar surface area (TPSA) is 18.5 Å². The Balaban J connectivity index is 1.60. The van der Waals surface area contributed by atoms with Crippen molar-refractivity contribution in [2.24, 2.45) is 11.8 Å². The lowest BCUT2D eigenvalue weighted by molar-refractivity contribution is 0.145. The molecular weight excluding hydrogens is 199 g/mol. The molecule has 2 aliphatic carbocycles. The summed E-state index contributed by atoms with van der Waals surface area (Å²) >= 11 is 0. The Kier molecular flexibility index (Phi) is 1.82. The smallest absolute Gasteiger partial charge is 0.401 e. The van der Waals surface area contributed by atoms with Gasteiger partial charge >= 0.3 is 7.12 Å². The molecule has 0 radical (unpaired) electrons. The first-order valence-electron chi connectivity index (χ1n) is 5.96. The van der Waals surface area contributed by atoms with Gasteiger partial charge in [-0.15, -0.1) is 0 Å². The Labute approximate surface area is 95.4 Å². The van der Waals surface area contributed by atoms with Crippen LogP contribution in [-0.4, -0.2) is 19.3 Å². The van der Waals surface area contributed by atoms with Gasteiger partial charge in [0, 0.05) is 11.8 Å². The summed E-state index contributed by atoms with van der Waals surface area (Å²) in [7, 11) is -0.151. The summed E-state index contributed by atoms with van der Waals surface area (Å²) in [6.45, 7) is 0. The molecule has 4 atom stereocenters. The number of rotatable bonds is 1. The van der Waals surface area contributed by atoms with E-state index >= 15 is 0 Å². The van der Waals surface area contributed by atoms with E-state index < -0.39 is 0 Å². The SMILES string of the molecule is C1=C[C@H]2C[C@@H]1[C@H]1OB(c3ccccc3)O[C@H]12. The molecule has 1 heterocycles. The second kappa shape index (κ2) is 3.22. The first-order chi connectivity index (χ1) is 7.92. The molecule has 3 aliphatic rings. The summed E-state index contributed by atoms with van der Waals surface area (Å²) in [6, 6.07) is 10.2. The summed E-state index contributed by atoms with van der Waals surface area (Å²) in [5, 5.41) is 0. The second-order valence-electron chi connectivity index (χ2n) is 4.89. The maximum Gasteiger partial charge on any atom is 0.494 e. The van der Waals surface area contributed by atoms with E-state index in [9.17, 15) is 0 Å². The Morgan fingerprint density at radius 2 is 1.56 bits per heavy atom. The van der Waals surface area contributed by atoms with Crippen LogP contribution in [0.25, 0.3) is 0 Å². The van der Waals surface area contributed by atoms with Crippen molar-refractivity contribution in [3.63, 3.8) is 0 Å². The minimum absolute atomic E-state index is 0.151. The third-order valence-corrected chi connectivity index (χ3v) is 3.95. The van der Waals surface area contributed by atoms with Gasteiger partial charge in [0.15, 0.2) is 0 Å². The van der Waals surface area contributed by atoms with Crippen molar-refractivity contribution in [1.29, 1.82) is 0 Å². The van der Waals surface area contributed by atoms with E-state index in [1.807, 2.05) is 18.2 Å². The summed E-state index contributed by atoms with van der Waals surface area (Å²) < 4.78 is 12.1. The summed E-state index contributed by atoms with van der Waals surface area (Å²) in [5.41, 5.74) is 1.14. The Hall–Kier alpha value is -1.06. The van der Waals surface area contributed by atoms with Crippen LogP contribution in [0.15, 0.2) is 42.5 Å². The fourth-order valence-electron chi connectivity index (χ4n) is 3.17. The predicted molar refractivity (Wildman–Crippen MR) is 62.3 cm³/mol. The molecule has 2 bridgehead atoms. The quantitative estimate of drug-likeness (QED) is 0.517. The van der Waals surface area contributed by atoms with E-state index in [0.717, 1.165) is 5.46 Å². The number of benzene rings is 1. The zero-order valence-corrected chi connectivity index (χ0v) is 8.95. The predicted octanol–water partition coefficient (Wildman–Crippen LogP) is 1.37. The fraction of sp³-hybridized carbons (Fsp3) is 0.385. The molecule has 0 N–H and O–H groups in total. The summed E-state index contributed by atoms with van der Waals surface area (Å²) in [4.78, 5) is 0. The fourth-order valence-corrected chi connectivity index (χ4v) is 3.17. The van der Waals surface area contributed by atoms with E-state index in [-0.39, 0.29) is 7.12 Å². The minimum atomic E-state index is -0.151. The first-order valence-corrected chi connectivity index (χ1v) is 5.96. The zero-order chi connectivity index (χ0) is 10.5. The molecule has 2 nitrogen and oxygen atoms in total. The van der Waals surface area contributed by atoms with Crippen molar-refractivity contribution in [2.45, 2.75) is 18.6 Å².